The van der Waals surface area contributed by atoms with E-state index in [0.29, 0.717) is 18.1 Å². The van der Waals surface area contributed by atoms with Crippen molar-refractivity contribution in [3.63, 3.8) is 0 Å². The molecule has 21 heteroatoms. The second-order valence-electron chi connectivity index (χ2n) is 18.5. The zero-order valence-electron chi connectivity index (χ0n) is 44.4. The van der Waals surface area contributed by atoms with E-state index in [9.17, 15) is 0 Å². The fourth-order valence-electron chi connectivity index (χ4n) is 8.30. The molecule has 14 nitrogen and oxygen atoms in total. The molecular weight excluding hydrogens is 1010 g/mol. The van der Waals surface area contributed by atoms with E-state index in [-0.39, 0.29) is 60.6 Å². The summed E-state index contributed by atoms with van der Waals surface area (Å²) in [6.07, 6.45) is 28.2. The number of rotatable bonds is 4. The van der Waals surface area contributed by atoms with Crippen molar-refractivity contribution >= 4 is 70.2 Å². The molecule has 0 aliphatic carbocycles. The lowest BCUT2D eigenvalue weighted by Crippen LogP contribution is -2.38. The van der Waals surface area contributed by atoms with Gasteiger partial charge in [-0.15, -0.1) is 0 Å². The predicted molar refractivity (Wildman–Crippen MR) is 330 cm³/mol. The Labute approximate surface area is 452 Å². The monoisotopic (exact) mass is 1120 g/mol. The summed E-state index contributed by atoms with van der Waals surface area (Å²) < 4.78 is 6.32. The third-order valence-corrected chi connectivity index (χ3v) is 12.5. The zero-order chi connectivity index (χ0) is 46.7. The highest BCUT2D eigenvalue weighted by Gasteiger charge is 2.21. The molecule has 5 aliphatic rings. The summed E-state index contributed by atoms with van der Waals surface area (Å²) in [6, 6.07) is 1.73. The van der Waals surface area contributed by atoms with Gasteiger partial charge < -0.3 is 29.9 Å². The van der Waals surface area contributed by atoms with Gasteiger partial charge in [-0.05, 0) is 168 Å². The van der Waals surface area contributed by atoms with Gasteiger partial charge in [0.05, 0.1) is 49.0 Å². The minimum absolute atomic E-state index is 0. The molecule has 9 heterocycles. The van der Waals surface area contributed by atoms with Gasteiger partial charge in [0.15, 0.2) is 0 Å². The summed E-state index contributed by atoms with van der Waals surface area (Å²) in [5.41, 5.74) is 4.94. The first kappa shape index (κ1) is 75.4. The lowest BCUT2D eigenvalue weighted by molar-refractivity contribution is 0.0846. The average Bonchev–Trinajstić information content (AvgIpc) is 4.13. The molecular formula is C49H106B2BrN13OP4. The Balaban J connectivity index is -0.000000369. The van der Waals surface area contributed by atoms with Crippen molar-refractivity contribution in [2.24, 2.45) is 0 Å². The Morgan fingerprint density at radius 3 is 1.34 bits per heavy atom. The Kier molecular flexibility index (Phi) is 47.7. The standard InChI is InChI=1S/C10H17BN3.C10H17N3.C9H15N3.C6H12BrN.C6H13NO.C4H6N2.C2H6B.2CH4.4H3P/c1-9-6-12-14(7-9)10-4-3-5-13(8-10)11-2;1-9-6-11-13(7-9)10-4-3-5-12(2)8-10;1-8-5-11-12(7-8)9-3-2-4-10-6-9;1-8-4-2-3-6(7)5-8;1-7-4-2-3-6(8)5-7;1-4-2-5-6-3-4;1-3-2;;;;;;/h6-7,10H,3-5,8H2,1-2H3;6-7,10H,3-5,8H2,1-2H3;5,7,9-10H,2-4,6H2,1H3;6H,2-5H2,1H3;6,8H,2-5H2,1H3;2-3H,1H3,(H,5,6);1-2H3;2*1H4;4*1H3. The summed E-state index contributed by atoms with van der Waals surface area (Å²) in [5.74, 6) is 0. The third-order valence-electron chi connectivity index (χ3n) is 11.8. The molecule has 5 saturated heterocycles. The van der Waals surface area contributed by atoms with Crippen LogP contribution < -0.4 is 5.32 Å². The molecule has 0 saturated carbocycles. The van der Waals surface area contributed by atoms with Crippen molar-refractivity contribution in [1.82, 2.24) is 64.4 Å². The molecule has 5 aliphatic heterocycles. The van der Waals surface area contributed by atoms with E-state index in [1.165, 1.54) is 99.8 Å². The van der Waals surface area contributed by atoms with Crippen molar-refractivity contribution in [2.75, 3.05) is 86.6 Å². The van der Waals surface area contributed by atoms with Crippen molar-refractivity contribution in [3.8, 4) is 0 Å². The smallest absolute Gasteiger partial charge is 0.205 e. The quantitative estimate of drug-likeness (QED) is 0.104. The number of hydrogen-bond acceptors (Lipinski definition) is 10. The predicted octanol–water partition coefficient (Wildman–Crippen LogP) is 8.63. The highest BCUT2D eigenvalue weighted by Crippen LogP contribution is 2.21. The first-order valence-corrected chi connectivity index (χ1v) is 25.0. The summed E-state index contributed by atoms with van der Waals surface area (Å²) in [4.78, 5) is 10.0. The van der Waals surface area contributed by atoms with Crippen LogP contribution in [0.5, 0.6) is 0 Å². The number of nitrogens with zero attached hydrogens (tertiary/aromatic N) is 11. The Morgan fingerprint density at radius 2 is 1.01 bits per heavy atom. The van der Waals surface area contributed by atoms with E-state index in [1.807, 2.05) is 59.7 Å². The normalized spacial score (nSPS) is 22.0. The van der Waals surface area contributed by atoms with Gasteiger partial charge >= 0.3 is 0 Å². The van der Waals surface area contributed by atoms with Crippen LogP contribution in [0.1, 0.15) is 119 Å². The number of nitrogens with one attached hydrogen (secondary N) is 2. The number of aromatic nitrogens is 8. The molecule has 9 rings (SSSR count). The fourth-order valence-corrected chi connectivity index (χ4v) is 9.12. The maximum absolute atomic E-state index is 9.04. The number of alkyl halides is 1. The van der Waals surface area contributed by atoms with Crippen molar-refractivity contribution in [1.29, 1.82) is 0 Å². The maximum atomic E-state index is 9.04. The summed E-state index contributed by atoms with van der Waals surface area (Å²) in [6.45, 7) is 25.8. The van der Waals surface area contributed by atoms with Crippen LogP contribution in [0, 0.1) is 27.7 Å². The Bertz CT molecular complexity index is 1700. The highest BCUT2D eigenvalue weighted by atomic mass is 79.9. The van der Waals surface area contributed by atoms with Gasteiger partial charge in [-0.1, -0.05) is 51.3 Å². The van der Waals surface area contributed by atoms with E-state index in [0.717, 1.165) is 56.9 Å². The van der Waals surface area contributed by atoms with Gasteiger partial charge in [-0.3, -0.25) is 19.1 Å². The largest absolute Gasteiger partial charge is 0.392 e. The number of piperidine rings is 5. The molecule has 2 radical (unpaired) electrons. The van der Waals surface area contributed by atoms with Crippen molar-refractivity contribution in [2.45, 2.75) is 156 Å². The Morgan fingerprint density at radius 1 is 0.571 bits per heavy atom. The molecule has 3 N–H and O–H groups in total. The maximum Gasteiger partial charge on any atom is 0.205 e. The number of aryl methyl sites for hydroxylation is 4. The minimum Gasteiger partial charge on any atom is -0.392 e. The van der Waals surface area contributed by atoms with Crippen LogP contribution in [0.2, 0.25) is 20.5 Å². The highest BCUT2D eigenvalue weighted by molar-refractivity contribution is 9.09. The van der Waals surface area contributed by atoms with E-state index in [1.54, 1.807) is 6.20 Å². The zero-order valence-corrected chi connectivity index (χ0v) is 51.6. The molecule has 0 bridgehead atoms. The molecule has 70 heavy (non-hydrogen) atoms. The van der Waals surface area contributed by atoms with Gasteiger partial charge in [-0.25, -0.2) is 0 Å². The molecule has 4 aromatic rings. The number of aliphatic hydroxyl groups excluding tert-OH is 1. The summed E-state index contributed by atoms with van der Waals surface area (Å²) >= 11 is 3.59. The van der Waals surface area contributed by atoms with Crippen LogP contribution >= 0.6 is 55.5 Å². The molecule has 0 spiro atoms. The van der Waals surface area contributed by atoms with Gasteiger partial charge in [0.25, 0.3) is 0 Å². The topological polar surface area (TPSA) is 127 Å². The molecule has 0 aromatic carbocycles. The first-order chi connectivity index (χ1) is 30.8. The van der Waals surface area contributed by atoms with Gasteiger partial charge in [0.2, 0.25) is 7.41 Å². The SMILES string of the molecule is C.C.CN1CCCC(Br)C1.CN1CCCC(O)C1.C[B]C.C[B]N1CCCC(n2cc(C)cn2)C1.Cc1cn[nH]c1.Cc1cnn(C2CCCN(C)C2)c1.Cc1cnn(C2CCCNC2)c1.P.P.P.P. The first-order valence-electron chi connectivity index (χ1n) is 24.1. The number of likely N-dealkylation sites (N-methyl/N-ethyl adjacent to an activating group) is 2. The molecule has 9 atom stereocenters. The van der Waals surface area contributed by atoms with Crippen LogP contribution in [0.3, 0.4) is 0 Å². The van der Waals surface area contributed by atoms with Crippen LogP contribution in [0.15, 0.2) is 49.6 Å². The Hall–Kier alpha value is -1.07. The van der Waals surface area contributed by atoms with Crippen LogP contribution in [0.25, 0.3) is 0 Å². The summed E-state index contributed by atoms with van der Waals surface area (Å²) in [7, 11) is 10.6. The number of aliphatic hydroxyl groups is 1. The van der Waals surface area contributed by atoms with E-state index in [4.69, 9.17) is 5.11 Å². The second-order valence-corrected chi connectivity index (χ2v) is 19.8. The third kappa shape index (κ3) is 32.3. The van der Waals surface area contributed by atoms with Gasteiger partial charge in [0, 0.05) is 62.3 Å². The average molecular weight is 1120 g/mol. The number of halogens is 1. The fraction of sp³-hybridized carbons (Fsp3) is 0.755. The van der Waals surface area contributed by atoms with Crippen LogP contribution in [0.4, 0.5) is 0 Å². The van der Waals surface area contributed by atoms with Gasteiger partial charge in [0.1, 0.15) is 7.28 Å². The van der Waals surface area contributed by atoms with E-state index < -0.39 is 0 Å². The van der Waals surface area contributed by atoms with Crippen molar-refractivity contribution < 1.29 is 5.11 Å². The molecule has 9 unspecified atom stereocenters. The molecule has 0 amide bonds. The van der Waals surface area contributed by atoms with E-state index in [2.05, 4.69) is 148 Å². The number of β-amino-alcohol motifs (C(OH)–C–C–N with tert-alkyl or cyclic N) is 1. The van der Waals surface area contributed by atoms with Crippen molar-refractivity contribution in [3.05, 3.63) is 71.8 Å². The summed E-state index contributed by atoms with van der Waals surface area (Å²) in [5, 5.41) is 31.9. The number of H-pyrrole nitrogens is 1. The molecule has 4 aromatic heterocycles. The number of aromatic amines is 1. The number of likely N-dealkylation sites (tertiary alicyclic amines) is 3. The van der Waals surface area contributed by atoms with Crippen LogP contribution in [-0.4, -0.2) is 176 Å². The van der Waals surface area contributed by atoms with E-state index >= 15 is 0 Å². The van der Waals surface area contributed by atoms with Crippen LogP contribution in [-0.2, 0) is 0 Å². The minimum atomic E-state index is -0.0613. The number of hydrogen-bond donors (Lipinski definition) is 3. The molecule has 406 valence electrons. The lowest BCUT2D eigenvalue weighted by atomic mass is 9.88. The van der Waals surface area contributed by atoms with Gasteiger partial charge in [-0.2, -0.15) is 60.0 Å². The second kappa shape index (κ2) is 44.2. The lowest BCUT2D eigenvalue weighted by Gasteiger charge is -2.31. The molecule has 5 fully saturated rings.